The van der Waals surface area contributed by atoms with E-state index in [1.807, 2.05) is 42.6 Å². The van der Waals surface area contributed by atoms with Crippen LogP contribution in [0.25, 0.3) is 21.7 Å². The van der Waals surface area contributed by atoms with Gasteiger partial charge in [0.05, 0.1) is 21.2 Å². The molecule has 2 aromatic heterocycles. The SMILES string of the molecule is Cc1csc(-c2[nH]nc(N)c2-c2ccccc2)c1Cl. The lowest BCUT2D eigenvalue weighted by Crippen LogP contribution is -1.88. The Morgan fingerprint density at radius 1 is 1.26 bits per heavy atom. The number of nitrogens with zero attached hydrogens (tertiary/aromatic N) is 1. The number of rotatable bonds is 2. The van der Waals surface area contributed by atoms with E-state index in [2.05, 4.69) is 10.2 Å². The summed E-state index contributed by atoms with van der Waals surface area (Å²) in [6, 6.07) is 9.96. The highest BCUT2D eigenvalue weighted by molar-refractivity contribution is 7.14. The monoisotopic (exact) mass is 289 g/mol. The molecule has 3 aromatic rings. The van der Waals surface area contributed by atoms with Gasteiger partial charge in [-0.1, -0.05) is 41.9 Å². The Labute approximate surface area is 120 Å². The number of nitrogens with one attached hydrogen (secondary N) is 1. The molecular weight excluding hydrogens is 278 g/mol. The number of benzene rings is 1. The summed E-state index contributed by atoms with van der Waals surface area (Å²) in [4.78, 5) is 0.974. The number of nitrogens with two attached hydrogens (primary N) is 1. The predicted molar refractivity (Wildman–Crippen MR) is 81.5 cm³/mol. The second kappa shape index (κ2) is 4.72. The van der Waals surface area contributed by atoms with Gasteiger partial charge in [0.1, 0.15) is 0 Å². The third kappa shape index (κ3) is 2.03. The standard InChI is InChI=1S/C14H12ClN3S/c1-8-7-19-13(11(8)15)12-10(14(16)18-17-12)9-5-3-2-4-6-9/h2-7H,1H3,(H3,16,17,18). The minimum absolute atomic E-state index is 0.489. The summed E-state index contributed by atoms with van der Waals surface area (Å²) in [5.74, 6) is 0.489. The van der Waals surface area contributed by atoms with Crippen molar-refractivity contribution < 1.29 is 0 Å². The molecule has 0 spiro atoms. The summed E-state index contributed by atoms with van der Waals surface area (Å²) in [5.41, 5.74) is 9.87. The molecule has 0 saturated carbocycles. The summed E-state index contributed by atoms with van der Waals surface area (Å²) in [6.07, 6.45) is 0. The minimum Gasteiger partial charge on any atom is -0.382 e. The van der Waals surface area contributed by atoms with Crippen molar-refractivity contribution in [1.29, 1.82) is 0 Å². The number of aryl methyl sites for hydroxylation is 1. The molecule has 3 N–H and O–H groups in total. The molecule has 0 aliphatic carbocycles. The van der Waals surface area contributed by atoms with Crippen LogP contribution >= 0.6 is 22.9 Å². The minimum atomic E-state index is 0.489. The number of nitrogen functional groups attached to an aromatic ring is 1. The van der Waals surface area contributed by atoms with Gasteiger partial charge < -0.3 is 5.73 Å². The smallest absolute Gasteiger partial charge is 0.153 e. The van der Waals surface area contributed by atoms with Crippen molar-refractivity contribution in [3.8, 4) is 21.7 Å². The molecule has 0 saturated heterocycles. The molecular formula is C14H12ClN3S. The Hall–Kier alpha value is -1.78. The molecule has 0 amide bonds. The molecule has 0 aliphatic heterocycles. The molecule has 0 radical (unpaired) electrons. The van der Waals surface area contributed by atoms with Crippen LogP contribution in [-0.4, -0.2) is 10.2 Å². The Kier molecular flexibility index (Phi) is 3.05. The number of aromatic amines is 1. The molecule has 0 atom stereocenters. The van der Waals surface area contributed by atoms with Crippen molar-refractivity contribution >= 4 is 28.8 Å². The normalized spacial score (nSPS) is 10.8. The molecule has 2 heterocycles. The van der Waals surface area contributed by atoms with Crippen LogP contribution in [0.15, 0.2) is 35.7 Å². The van der Waals surface area contributed by atoms with Crippen LogP contribution in [0.5, 0.6) is 0 Å². The predicted octanol–water partition coefficient (Wildman–Crippen LogP) is 4.35. The van der Waals surface area contributed by atoms with Gasteiger partial charge in [0.15, 0.2) is 5.82 Å². The second-order valence-electron chi connectivity index (χ2n) is 4.29. The van der Waals surface area contributed by atoms with Gasteiger partial charge in [-0.25, -0.2) is 0 Å². The Morgan fingerprint density at radius 2 is 2.00 bits per heavy atom. The zero-order valence-electron chi connectivity index (χ0n) is 10.3. The van der Waals surface area contributed by atoms with Crippen LogP contribution in [0.4, 0.5) is 5.82 Å². The third-order valence-corrected chi connectivity index (χ3v) is 4.70. The Balaban J connectivity index is 2.22. The summed E-state index contributed by atoms with van der Waals surface area (Å²) in [5, 5.41) is 9.90. The molecule has 0 aliphatic rings. The lowest BCUT2D eigenvalue weighted by Gasteiger charge is -2.03. The van der Waals surface area contributed by atoms with Crippen LogP contribution in [0, 0.1) is 6.92 Å². The Morgan fingerprint density at radius 3 is 2.63 bits per heavy atom. The summed E-state index contributed by atoms with van der Waals surface area (Å²) in [6.45, 7) is 1.99. The first-order chi connectivity index (χ1) is 9.18. The van der Waals surface area contributed by atoms with Crippen molar-refractivity contribution in [1.82, 2.24) is 10.2 Å². The summed E-state index contributed by atoms with van der Waals surface area (Å²) < 4.78 is 0. The third-order valence-electron chi connectivity index (χ3n) is 2.98. The highest BCUT2D eigenvalue weighted by atomic mass is 35.5. The first-order valence-electron chi connectivity index (χ1n) is 5.81. The largest absolute Gasteiger partial charge is 0.382 e. The van der Waals surface area contributed by atoms with Crippen molar-refractivity contribution in [2.24, 2.45) is 0 Å². The number of aromatic nitrogens is 2. The summed E-state index contributed by atoms with van der Waals surface area (Å²) >= 11 is 7.93. The van der Waals surface area contributed by atoms with E-state index >= 15 is 0 Å². The molecule has 1 aromatic carbocycles. The van der Waals surface area contributed by atoms with Crippen LogP contribution in [0.2, 0.25) is 5.02 Å². The number of hydrogen-bond donors (Lipinski definition) is 2. The fourth-order valence-corrected chi connectivity index (χ4v) is 3.31. The van der Waals surface area contributed by atoms with Crippen LogP contribution in [0.3, 0.4) is 0 Å². The number of thiophene rings is 1. The maximum Gasteiger partial charge on any atom is 0.153 e. The van der Waals surface area contributed by atoms with Gasteiger partial charge in [-0.15, -0.1) is 11.3 Å². The van der Waals surface area contributed by atoms with E-state index < -0.39 is 0 Å². The van der Waals surface area contributed by atoms with Gasteiger partial charge >= 0.3 is 0 Å². The van der Waals surface area contributed by atoms with Gasteiger partial charge in [0, 0.05) is 0 Å². The van der Waals surface area contributed by atoms with E-state index in [-0.39, 0.29) is 0 Å². The fraction of sp³-hybridized carbons (Fsp3) is 0.0714. The van der Waals surface area contributed by atoms with E-state index in [0.717, 1.165) is 32.3 Å². The number of H-pyrrole nitrogens is 1. The van der Waals surface area contributed by atoms with E-state index in [4.69, 9.17) is 17.3 Å². The van der Waals surface area contributed by atoms with Crippen molar-refractivity contribution in [3.05, 3.63) is 46.3 Å². The van der Waals surface area contributed by atoms with Gasteiger partial charge in [-0.2, -0.15) is 5.10 Å². The van der Waals surface area contributed by atoms with Gasteiger partial charge in [0.25, 0.3) is 0 Å². The maximum absolute atomic E-state index is 6.33. The molecule has 0 bridgehead atoms. The van der Waals surface area contributed by atoms with Crippen LogP contribution in [0.1, 0.15) is 5.56 Å². The van der Waals surface area contributed by atoms with Gasteiger partial charge in [-0.05, 0) is 23.4 Å². The zero-order valence-corrected chi connectivity index (χ0v) is 11.8. The molecule has 3 rings (SSSR count). The molecule has 19 heavy (non-hydrogen) atoms. The lowest BCUT2D eigenvalue weighted by molar-refractivity contribution is 1.11. The Bertz CT molecular complexity index is 716. The first-order valence-corrected chi connectivity index (χ1v) is 7.07. The van der Waals surface area contributed by atoms with Crippen molar-refractivity contribution in [3.63, 3.8) is 0 Å². The average molecular weight is 290 g/mol. The number of hydrogen-bond acceptors (Lipinski definition) is 3. The van der Waals surface area contributed by atoms with Gasteiger partial charge in [0.2, 0.25) is 0 Å². The maximum atomic E-state index is 6.33. The van der Waals surface area contributed by atoms with Crippen molar-refractivity contribution in [2.45, 2.75) is 6.92 Å². The quantitative estimate of drug-likeness (QED) is 0.737. The van der Waals surface area contributed by atoms with E-state index in [1.165, 1.54) is 0 Å². The molecule has 96 valence electrons. The molecule has 0 unspecified atom stereocenters. The number of anilines is 1. The highest BCUT2D eigenvalue weighted by Gasteiger charge is 2.18. The molecule has 0 fully saturated rings. The van der Waals surface area contributed by atoms with Crippen molar-refractivity contribution in [2.75, 3.05) is 5.73 Å². The fourth-order valence-electron chi connectivity index (χ4n) is 2.02. The molecule has 5 heteroatoms. The van der Waals surface area contributed by atoms with E-state index in [1.54, 1.807) is 11.3 Å². The van der Waals surface area contributed by atoms with E-state index in [0.29, 0.717) is 5.82 Å². The van der Waals surface area contributed by atoms with Crippen LogP contribution < -0.4 is 5.73 Å². The topological polar surface area (TPSA) is 54.7 Å². The van der Waals surface area contributed by atoms with Crippen LogP contribution in [-0.2, 0) is 0 Å². The zero-order chi connectivity index (χ0) is 13.4. The lowest BCUT2D eigenvalue weighted by atomic mass is 10.0. The summed E-state index contributed by atoms with van der Waals surface area (Å²) in [7, 11) is 0. The van der Waals surface area contributed by atoms with E-state index in [9.17, 15) is 0 Å². The molecule has 3 nitrogen and oxygen atoms in total. The average Bonchev–Trinajstić information content (AvgIpc) is 2.95. The highest BCUT2D eigenvalue weighted by Crippen LogP contribution is 2.42. The van der Waals surface area contributed by atoms with Gasteiger partial charge in [-0.3, -0.25) is 5.10 Å². The first kappa shape index (κ1) is 12.3. The number of halogens is 1. The second-order valence-corrected chi connectivity index (χ2v) is 5.54.